The summed E-state index contributed by atoms with van der Waals surface area (Å²) < 4.78 is 0. The van der Waals surface area contributed by atoms with Crippen LogP contribution in [0.25, 0.3) is 0 Å². The third-order valence-corrected chi connectivity index (χ3v) is 2.56. The molecular weight excluding hydrogens is 208 g/mol. The normalized spacial score (nSPS) is 11.4. The molecule has 0 fully saturated rings. The quantitative estimate of drug-likeness (QED) is 0.730. The maximum atomic E-state index is 4.03. The zero-order valence-corrected chi connectivity index (χ0v) is 9.80. The summed E-state index contributed by atoms with van der Waals surface area (Å²) in [4.78, 5) is 8.06. The molecular formula is C15H14N2. The predicted octanol–water partition coefficient (Wildman–Crippen LogP) is 3.02. The summed E-state index contributed by atoms with van der Waals surface area (Å²) in [6.45, 7) is 2.12. The van der Waals surface area contributed by atoms with E-state index in [9.17, 15) is 0 Å². The molecule has 0 bridgehead atoms. The lowest BCUT2D eigenvalue weighted by atomic mass is 10.00. The van der Waals surface area contributed by atoms with Crippen molar-refractivity contribution in [2.75, 3.05) is 0 Å². The van der Waals surface area contributed by atoms with E-state index in [1.54, 1.807) is 6.33 Å². The Hall–Kier alpha value is -2.14. The smallest absolute Gasteiger partial charge is 0.115 e. The van der Waals surface area contributed by atoms with Crippen molar-refractivity contribution in [3.8, 4) is 11.8 Å². The second kappa shape index (κ2) is 5.81. The number of rotatable bonds is 2. The Labute approximate surface area is 102 Å². The van der Waals surface area contributed by atoms with Crippen molar-refractivity contribution in [2.45, 2.75) is 19.3 Å². The molecule has 17 heavy (non-hydrogen) atoms. The van der Waals surface area contributed by atoms with Crippen molar-refractivity contribution in [1.82, 2.24) is 9.97 Å². The number of hydrogen-bond acceptors (Lipinski definition) is 2. The summed E-state index contributed by atoms with van der Waals surface area (Å²) in [5.41, 5.74) is 2.13. The minimum absolute atomic E-state index is 0.205. The van der Waals surface area contributed by atoms with Crippen molar-refractivity contribution in [3.63, 3.8) is 0 Å². The van der Waals surface area contributed by atoms with E-state index in [4.69, 9.17) is 0 Å². The van der Waals surface area contributed by atoms with Crippen LogP contribution in [0.15, 0.2) is 49.1 Å². The van der Waals surface area contributed by atoms with Gasteiger partial charge in [-0.3, -0.25) is 0 Å². The molecule has 0 radical (unpaired) electrons. The molecule has 2 nitrogen and oxygen atoms in total. The van der Waals surface area contributed by atoms with Crippen molar-refractivity contribution in [1.29, 1.82) is 0 Å². The molecule has 2 heteroatoms. The lowest BCUT2D eigenvalue weighted by Crippen LogP contribution is -1.95. The molecule has 1 atom stereocenters. The standard InChI is InChI=1S/C15H14N2/c1-2-14(15-10-16-12-17-11-15)9-8-13-6-4-3-5-7-13/h3-7,10-12,14H,2H2,1H3/t14-/m0/s1. The Kier molecular flexibility index (Phi) is 3.88. The van der Waals surface area contributed by atoms with Gasteiger partial charge in [0.2, 0.25) is 0 Å². The van der Waals surface area contributed by atoms with Gasteiger partial charge in [-0.05, 0) is 18.6 Å². The van der Waals surface area contributed by atoms with Crippen LogP contribution in [0.1, 0.15) is 30.4 Å². The van der Waals surface area contributed by atoms with Gasteiger partial charge in [-0.15, -0.1) is 0 Å². The molecule has 1 aromatic heterocycles. The van der Waals surface area contributed by atoms with Crippen LogP contribution >= 0.6 is 0 Å². The Balaban J connectivity index is 2.20. The monoisotopic (exact) mass is 222 g/mol. The number of nitrogens with zero attached hydrogens (tertiary/aromatic N) is 2. The molecule has 84 valence electrons. The molecule has 2 aromatic rings. The first-order valence-corrected chi connectivity index (χ1v) is 5.71. The van der Waals surface area contributed by atoms with E-state index in [0.29, 0.717) is 0 Å². The highest BCUT2D eigenvalue weighted by Gasteiger charge is 2.05. The zero-order valence-electron chi connectivity index (χ0n) is 9.80. The van der Waals surface area contributed by atoms with E-state index in [2.05, 4.69) is 28.7 Å². The van der Waals surface area contributed by atoms with E-state index >= 15 is 0 Å². The van der Waals surface area contributed by atoms with Crippen LogP contribution in [0.2, 0.25) is 0 Å². The summed E-state index contributed by atoms with van der Waals surface area (Å²) in [5.74, 6) is 6.67. The summed E-state index contributed by atoms with van der Waals surface area (Å²) in [5, 5.41) is 0. The van der Waals surface area contributed by atoms with Gasteiger partial charge in [0.25, 0.3) is 0 Å². The maximum absolute atomic E-state index is 4.03. The molecule has 0 saturated carbocycles. The van der Waals surface area contributed by atoms with E-state index in [1.165, 1.54) is 0 Å². The average Bonchev–Trinajstić information content (AvgIpc) is 2.42. The van der Waals surface area contributed by atoms with Gasteiger partial charge in [0.05, 0.1) is 0 Å². The van der Waals surface area contributed by atoms with Crippen LogP contribution in [-0.2, 0) is 0 Å². The van der Waals surface area contributed by atoms with Crippen LogP contribution in [0.3, 0.4) is 0 Å². The first-order valence-electron chi connectivity index (χ1n) is 5.71. The number of aromatic nitrogens is 2. The van der Waals surface area contributed by atoms with Crippen LogP contribution in [0.5, 0.6) is 0 Å². The molecule has 0 N–H and O–H groups in total. The van der Waals surface area contributed by atoms with Crippen LogP contribution in [0.4, 0.5) is 0 Å². The zero-order chi connectivity index (χ0) is 11.9. The fourth-order valence-corrected chi connectivity index (χ4v) is 1.60. The van der Waals surface area contributed by atoms with E-state index in [-0.39, 0.29) is 5.92 Å². The molecule has 0 aliphatic heterocycles. The molecule has 1 aromatic carbocycles. The highest BCUT2D eigenvalue weighted by Crippen LogP contribution is 2.16. The molecule has 0 spiro atoms. The summed E-state index contributed by atoms with van der Waals surface area (Å²) in [6, 6.07) is 10.0. The molecule has 1 heterocycles. The van der Waals surface area contributed by atoms with Crippen LogP contribution in [0, 0.1) is 11.8 Å². The van der Waals surface area contributed by atoms with Gasteiger partial charge in [-0.25, -0.2) is 9.97 Å². The Bertz CT molecular complexity index is 509. The van der Waals surface area contributed by atoms with Gasteiger partial charge in [-0.2, -0.15) is 0 Å². The van der Waals surface area contributed by atoms with E-state index in [1.807, 2.05) is 42.7 Å². The molecule has 0 unspecified atom stereocenters. The summed E-state index contributed by atoms with van der Waals surface area (Å²) in [6.07, 6.45) is 6.18. The average molecular weight is 222 g/mol. The predicted molar refractivity (Wildman–Crippen MR) is 68.4 cm³/mol. The maximum Gasteiger partial charge on any atom is 0.115 e. The van der Waals surface area contributed by atoms with Gasteiger partial charge in [0.1, 0.15) is 6.33 Å². The SMILES string of the molecule is CC[C@@H](C#Cc1ccccc1)c1cncnc1. The Morgan fingerprint density at radius 3 is 2.47 bits per heavy atom. The first kappa shape index (κ1) is 11.3. The van der Waals surface area contributed by atoms with Crippen molar-refractivity contribution in [2.24, 2.45) is 0 Å². The van der Waals surface area contributed by atoms with Gasteiger partial charge in [0.15, 0.2) is 0 Å². The third-order valence-electron chi connectivity index (χ3n) is 2.56. The fourth-order valence-electron chi connectivity index (χ4n) is 1.60. The lowest BCUT2D eigenvalue weighted by molar-refractivity contribution is 0.815. The van der Waals surface area contributed by atoms with Crippen LogP contribution < -0.4 is 0 Å². The topological polar surface area (TPSA) is 25.8 Å². The summed E-state index contributed by atoms with van der Waals surface area (Å²) in [7, 11) is 0. The van der Waals surface area contributed by atoms with Gasteiger partial charge in [0, 0.05) is 29.4 Å². The van der Waals surface area contributed by atoms with Gasteiger partial charge < -0.3 is 0 Å². The van der Waals surface area contributed by atoms with Crippen LogP contribution in [-0.4, -0.2) is 9.97 Å². The number of benzene rings is 1. The molecule has 0 aliphatic rings. The first-order chi connectivity index (χ1) is 8.40. The van der Waals surface area contributed by atoms with E-state index < -0.39 is 0 Å². The second-order valence-corrected chi connectivity index (χ2v) is 3.77. The fraction of sp³-hybridized carbons (Fsp3) is 0.200. The minimum atomic E-state index is 0.205. The Morgan fingerprint density at radius 1 is 1.12 bits per heavy atom. The molecule has 2 rings (SSSR count). The Morgan fingerprint density at radius 2 is 1.82 bits per heavy atom. The minimum Gasteiger partial charge on any atom is -0.244 e. The number of hydrogen-bond donors (Lipinski definition) is 0. The highest BCUT2D eigenvalue weighted by molar-refractivity contribution is 5.36. The van der Waals surface area contributed by atoms with E-state index in [0.717, 1.165) is 17.5 Å². The largest absolute Gasteiger partial charge is 0.244 e. The van der Waals surface area contributed by atoms with Crippen molar-refractivity contribution < 1.29 is 0 Å². The highest BCUT2D eigenvalue weighted by atomic mass is 14.8. The molecule has 0 amide bonds. The molecule has 0 aliphatic carbocycles. The van der Waals surface area contributed by atoms with Gasteiger partial charge in [-0.1, -0.05) is 37.0 Å². The van der Waals surface area contributed by atoms with Crippen molar-refractivity contribution in [3.05, 3.63) is 60.2 Å². The lowest BCUT2D eigenvalue weighted by Gasteiger charge is -2.05. The second-order valence-electron chi connectivity index (χ2n) is 3.77. The molecule has 0 saturated heterocycles. The third kappa shape index (κ3) is 3.15. The summed E-state index contributed by atoms with van der Waals surface area (Å²) >= 11 is 0. The van der Waals surface area contributed by atoms with Gasteiger partial charge >= 0.3 is 0 Å². The van der Waals surface area contributed by atoms with Crippen molar-refractivity contribution >= 4 is 0 Å².